The molecule has 160 valence electrons. The molecule has 0 radical (unpaired) electrons. The van der Waals surface area contributed by atoms with Crippen molar-refractivity contribution < 1.29 is 14.3 Å². The molecule has 0 unspecified atom stereocenters. The van der Waals surface area contributed by atoms with Crippen molar-refractivity contribution in [3.63, 3.8) is 0 Å². The Morgan fingerprint density at radius 3 is 2.41 bits per heavy atom. The van der Waals surface area contributed by atoms with Crippen LogP contribution < -0.4 is 20.1 Å². The van der Waals surface area contributed by atoms with Crippen molar-refractivity contribution in [3.8, 4) is 11.5 Å². The summed E-state index contributed by atoms with van der Waals surface area (Å²) in [5.74, 6) is 1.52. The van der Waals surface area contributed by atoms with Gasteiger partial charge in [-0.05, 0) is 36.1 Å². The Balaban J connectivity index is 1.49. The van der Waals surface area contributed by atoms with Crippen LogP contribution in [0.2, 0.25) is 5.02 Å². The first-order chi connectivity index (χ1) is 15.7. The summed E-state index contributed by atoms with van der Waals surface area (Å²) in [5, 5.41) is 7.67. The third-order valence-corrected chi connectivity index (χ3v) is 6.71. The Labute approximate surface area is 191 Å². The van der Waals surface area contributed by atoms with E-state index >= 15 is 0 Å². The van der Waals surface area contributed by atoms with Crippen molar-refractivity contribution in [1.82, 2.24) is 0 Å². The molecule has 0 saturated carbocycles. The fourth-order valence-corrected chi connectivity index (χ4v) is 5.10. The summed E-state index contributed by atoms with van der Waals surface area (Å²) in [5.41, 5.74) is 5.51. The number of Topliss-reactive ketones (excluding diaryl/α,β-unsaturated/α-hetero) is 1. The van der Waals surface area contributed by atoms with Gasteiger partial charge in [0.05, 0.1) is 22.4 Å². The largest absolute Gasteiger partial charge is 0.454 e. The minimum absolute atomic E-state index is 0.117. The van der Waals surface area contributed by atoms with Crippen molar-refractivity contribution in [2.24, 2.45) is 0 Å². The van der Waals surface area contributed by atoms with Gasteiger partial charge in [-0.3, -0.25) is 4.79 Å². The van der Waals surface area contributed by atoms with E-state index in [1.165, 1.54) is 5.56 Å². The van der Waals surface area contributed by atoms with E-state index in [1.807, 2.05) is 48.5 Å². The van der Waals surface area contributed by atoms with Crippen molar-refractivity contribution in [3.05, 3.63) is 94.1 Å². The molecule has 2 aliphatic heterocycles. The molecule has 6 heteroatoms. The maximum Gasteiger partial charge on any atom is 0.231 e. The molecular formula is C26H21ClN2O3. The molecule has 3 aromatic carbocycles. The van der Waals surface area contributed by atoms with Crippen molar-refractivity contribution in [1.29, 1.82) is 0 Å². The van der Waals surface area contributed by atoms with Crippen LogP contribution >= 0.6 is 11.6 Å². The summed E-state index contributed by atoms with van der Waals surface area (Å²) in [6, 6.07) is 21.5. The molecule has 0 spiro atoms. The van der Waals surface area contributed by atoms with Gasteiger partial charge in [-0.25, -0.2) is 0 Å². The van der Waals surface area contributed by atoms with Crippen LogP contribution in [0.3, 0.4) is 0 Å². The van der Waals surface area contributed by atoms with E-state index < -0.39 is 6.04 Å². The third-order valence-electron chi connectivity index (χ3n) is 6.38. The van der Waals surface area contributed by atoms with Crippen LogP contribution in [0.1, 0.15) is 35.9 Å². The standard InChI is InChI=1S/C26H21ClN2O3/c27-18-13-24-23(31-14-32-24)12-17(18)26-25-21(28-19-8-4-5-9-20(19)29-26)10-16(11-22(25)30)15-6-2-1-3-7-15/h1-9,12-13,16,26,28-29H,10-11,14H2/t16-,26+/m0/s1. The highest BCUT2D eigenvalue weighted by atomic mass is 35.5. The number of nitrogens with one attached hydrogen (secondary N) is 2. The maximum absolute atomic E-state index is 13.6. The van der Waals surface area contributed by atoms with E-state index in [0.29, 0.717) is 22.9 Å². The molecule has 2 N–H and O–H groups in total. The van der Waals surface area contributed by atoms with E-state index in [1.54, 1.807) is 6.07 Å². The van der Waals surface area contributed by atoms with Crippen molar-refractivity contribution in [2.75, 3.05) is 17.4 Å². The van der Waals surface area contributed by atoms with Crippen molar-refractivity contribution >= 4 is 28.8 Å². The number of carbonyl (C=O) groups excluding carboxylic acids is 1. The first kappa shape index (κ1) is 19.3. The Hall–Kier alpha value is -3.44. The van der Waals surface area contributed by atoms with Crippen LogP contribution in [0.5, 0.6) is 11.5 Å². The lowest BCUT2D eigenvalue weighted by atomic mass is 9.78. The fourth-order valence-electron chi connectivity index (χ4n) is 4.84. The highest BCUT2D eigenvalue weighted by molar-refractivity contribution is 6.31. The smallest absolute Gasteiger partial charge is 0.231 e. The first-order valence-corrected chi connectivity index (χ1v) is 11.1. The molecule has 0 saturated heterocycles. The van der Waals surface area contributed by atoms with Crippen LogP contribution in [0, 0.1) is 0 Å². The van der Waals surface area contributed by atoms with E-state index in [2.05, 4.69) is 22.8 Å². The molecule has 0 amide bonds. The zero-order valence-electron chi connectivity index (χ0n) is 17.2. The van der Waals surface area contributed by atoms with Gasteiger partial charge in [-0.2, -0.15) is 0 Å². The van der Waals surface area contributed by atoms with Gasteiger partial charge < -0.3 is 20.1 Å². The Kier molecular flexibility index (Phi) is 4.58. The van der Waals surface area contributed by atoms with Gasteiger partial charge in [0, 0.05) is 29.3 Å². The zero-order valence-corrected chi connectivity index (χ0v) is 18.0. The summed E-state index contributed by atoms with van der Waals surface area (Å²) < 4.78 is 11.1. The molecule has 0 aromatic heterocycles. The predicted molar refractivity (Wildman–Crippen MR) is 124 cm³/mol. The second-order valence-corrected chi connectivity index (χ2v) is 8.71. The summed E-state index contributed by atoms with van der Waals surface area (Å²) in [6.45, 7) is 0.170. The van der Waals surface area contributed by atoms with Gasteiger partial charge in [0.1, 0.15) is 0 Å². The van der Waals surface area contributed by atoms with Gasteiger partial charge in [-0.1, -0.05) is 54.1 Å². The van der Waals surface area contributed by atoms with Gasteiger partial charge in [0.15, 0.2) is 17.3 Å². The molecule has 2 atom stereocenters. The molecule has 6 rings (SSSR count). The average Bonchev–Trinajstić information content (AvgIpc) is 3.18. The number of hydrogen-bond acceptors (Lipinski definition) is 5. The van der Waals surface area contributed by atoms with Gasteiger partial charge in [-0.15, -0.1) is 0 Å². The number of para-hydroxylation sites is 2. The lowest BCUT2D eigenvalue weighted by Crippen LogP contribution is -2.27. The molecular weight excluding hydrogens is 424 g/mol. The molecule has 32 heavy (non-hydrogen) atoms. The Bertz CT molecular complexity index is 1260. The highest BCUT2D eigenvalue weighted by Crippen LogP contribution is 2.47. The predicted octanol–water partition coefficient (Wildman–Crippen LogP) is 6.05. The molecule has 3 aliphatic rings. The number of ether oxygens (including phenoxy) is 2. The topological polar surface area (TPSA) is 59.6 Å². The van der Waals surface area contributed by atoms with E-state index in [0.717, 1.165) is 34.6 Å². The molecule has 0 fully saturated rings. The number of anilines is 2. The number of benzene rings is 3. The van der Waals surface area contributed by atoms with Crippen LogP contribution in [0.15, 0.2) is 78.0 Å². The number of allylic oxidation sites excluding steroid dienone is 1. The molecule has 3 aromatic rings. The number of carbonyl (C=O) groups is 1. The number of fused-ring (bicyclic) bond motifs is 2. The minimum atomic E-state index is -0.396. The summed E-state index contributed by atoms with van der Waals surface area (Å²) >= 11 is 6.70. The lowest BCUT2D eigenvalue weighted by Gasteiger charge is -2.30. The summed E-state index contributed by atoms with van der Waals surface area (Å²) in [6.07, 6.45) is 1.21. The number of hydrogen-bond donors (Lipinski definition) is 2. The molecule has 1 aliphatic carbocycles. The quantitative estimate of drug-likeness (QED) is 0.504. The number of ketones is 1. The van der Waals surface area contributed by atoms with Gasteiger partial charge >= 0.3 is 0 Å². The van der Waals surface area contributed by atoms with Crippen LogP contribution in [-0.2, 0) is 4.79 Å². The van der Waals surface area contributed by atoms with Crippen molar-refractivity contribution in [2.45, 2.75) is 24.8 Å². The summed E-state index contributed by atoms with van der Waals surface area (Å²) in [4.78, 5) is 13.6. The lowest BCUT2D eigenvalue weighted by molar-refractivity contribution is -0.116. The van der Waals surface area contributed by atoms with Crippen LogP contribution in [0.4, 0.5) is 11.4 Å². The first-order valence-electron chi connectivity index (χ1n) is 10.7. The molecule has 2 heterocycles. The van der Waals surface area contributed by atoms with Crippen LogP contribution in [-0.4, -0.2) is 12.6 Å². The monoisotopic (exact) mass is 444 g/mol. The summed E-state index contributed by atoms with van der Waals surface area (Å²) in [7, 11) is 0. The van der Waals surface area contributed by atoms with Gasteiger partial charge in [0.2, 0.25) is 6.79 Å². The van der Waals surface area contributed by atoms with E-state index in [4.69, 9.17) is 21.1 Å². The normalized spacial score (nSPS) is 21.2. The number of halogens is 1. The Morgan fingerprint density at radius 1 is 0.875 bits per heavy atom. The van der Waals surface area contributed by atoms with E-state index in [-0.39, 0.29) is 18.5 Å². The number of rotatable bonds is 2. The minimum Gasteiger partial charge on any atom is -0.454 e. The van der Waals surface area contributed by atoms with E-state index in [9.17, 15) is 4.79 Å². The SMILES string of the molecule is O=C1C[C@@H](c2ccccc2)CC2=C1[C@@H](c1cc3c(cc1Cl)OCO3)Nc1ccccc1N2. The second-order valence-electron chi connectivity index (χ2n) is 8.31. The maximum atomic E-state index is 13.6. The highest BCUT2D eigenvalue weighted by Gasteiger charge is 2.37. The second kappa shape index (κ2) is 7.61. The zero-order chi connectivity index (χ0) is 21.7. The molecule has 0 bridgehead atoms. The Morgan fingerprint density at radius 2 is 1.59 bits per heavy atom. The van der Waals surface area contributed by atoms with Crippen LogP contribution in [0.25, 0.3) is 0 Å². The average molecular weight is 445 g/mol. The molecule has 5 nitrogen and oxygen atoms in total. The third kappa shape index (κ3) is 3.21. The fraction of sp³-hybridized carbons (Fsp3) is 0.192. The van der Waals surface area contributed by atoms with Gasteiger partial charge in [0.25, 0.3) is 0 Å².